The molecule has 2 aromatic rings. The van der Waals surface area contributed by atoms with E-state index in [9.17, 15) is 5.11 Å². The summed E-state index contributed by atoms with van der Waals surface area (Å²) in [5.74, 6) is 0.0526. The summed E-state index contributed by atoms with van der Waals surface area (Å²) in [6.45, 7) is 4.87. The Bertz CT molecular complexity index is 760. The molecule has 1 aliphatic rings. The number of hydrazone groups is 1. The second-order valence-corrected chi connectivity index (χ2v) is 8.90. The zero-order chi connectivity index (χ0) is 17.8. The van der Waals surface area contributed by atoms with Gasteiger partial charge in [-0.1, -0.05) is 29.5 Å². The van der Waals surface area contributed by atoms with E-state index in [2.05, 4.69) is 67.4 Å². The molecule has 1 saturated heterocycles. The van der Waals surface area contributed by atoms with Gasteiger partial charge in [-0.3, -0.25) is 5.01 Å². The Kier molecular flexibility index (Phi) is 6.81. The maximum absolute atomic E-state index is 12.1. The second-order valence-electron chi connectivity index (χ2n) is 6.06. The molecule has 25 heavy (non-hydrogen) atoms. The average molecular weight is 582 g/mol. The van der Waals surface area contributed by atoms with Crippen LogP contribution >= 0.6 is 56.8 Å². The van der Waals surface area contributed by atoms with Gasteiger partial charge in [0.1, 0.15) is 6.54 Å². The first-order valence-corrected chi connectivity index (χ1v) is 10.6. The van der Waals surface area contributed by atoms with Crippen molar-refractivity contribution in [3.63, 3.8) is 0 Å². The molecule has 2 aromatic carbocycles. The van der Waals surface area contributed by atoms with E-state index in [4.69, 9.17) is 11.6 Å². The van der Waals surface area contributed by atoms with Crippen molar-refractivity contribution in [2.45, 2.75) is 6.54 Å². The van der Waals surface area contributed by atoms with Gasteiger partial charge in [0.05, 0.1) is 32.4 Å². The van der Waals surface area contributed by atoms with Crippen LogP contribution in [0.15, 0.2) is 41.5 Å². The lowest BCUT2D eigenvalue weighted by Gasteiger charge is -2.30. The monoisotopic (exact) mass is 581 g/mol. The van der Waals surface area contributed by atoms with E-state index in [0.717, 1.165) is 44.9 Å². The molecule has 0 aromatic heterocycles. The minimum atomic E-state index is 0.0526. The summed E-state index contributed by atoms with van der Waals surface area (Å²) in [6.07, 6.45) is 1.71. The molecule has 1 fully saturated rings. The fourth-order valence-corrected chi connectivity index (χ4v) is 4.83. The molecule has 3 rings (SSSR count). The molecular weight excluding hydrogens is 563 g/mol. The van der Waals surface area contributed by atoms with Crippen LogP contribution in [-0.2, 0) is 6.54 Å². The summed E-state index contributed by atoms with van der Waals surface area (Å²) in [4.78, 5) is 1.54. The number of nitrogens with zero attached hydrogens (tertiary/aromatic N) is 2. The van der Waals surface area contributed by atoms with Gasteiger partial charge in [0.15, 0.2) is 0 Å². The minimum Gasteiger partial charge on any atom is -0.871 e. The SMILES string of the molecule is [O-]c1c(I)cc(I)cc1C=NN1CC[NH+](Cc2ccc(Cl)cc2)CC1. The smallest absolute Gasteiger partial charge is 0.103 e. The molecule has 0 unspecified atom stereocenters. The summed E-state index contributed by atoms with van der Waals surface area (Å²) < 4.78 is 1.79. The van der Waals surface area contributed by atoms with Crippen LogP contribution in [0.25, 0.3) is 0 Å². The van der Waals surface area contributed by atoms with Gasteiger partial charge in [-0.05, 0) is 75.0 Å². The van der Waals surface area contributed by atoms with Gasteiger partial charge in [0.25, 0.3) is 0 Å². The lowest BCUT2D eigenvalue weighted by Crippen LogP contribution is -3.13. The summed E-state index contributed by atoms with van der Waals surface area (Å²) in [6, 6.07) is 11.8. The minimum absolute atomic E-state index is 0.0526. The highest BCUT2D eigenvalue weighted by atomic mass is 127. The van der Waals surface area contributed by atoms with Crippen LogP contribution < -0.4 is 10.0 Å². The number of halogens is 3. The van der Waals surface area contributed by atoms with Crippen molar-refractivity contribution >= 4 is 63.0 Å². The van der Waals surface area contributed by atoms with E-state index in [1.165, 1.54) is 5.56 Å². The molecule has 0 atom stereocenters. The highest BCUT2D eigenvalue weighted by Gasteiger charge is 2.18. The molecule has 0 saturated carbocycles. The fraction of sp³-hybridized carbons (Fsp3) is 0.278. The first-order valence-electron chi connectivity index (χ1n) is 8.04. The van der Waals surface area contributed by atoms with Crippen molar-refractivity contribution in [2.24, 2.45) is 5.10 Å². The number of rotatable bonds is 4. The van der Waals surface area contributed by atoms with Gasteiger partial charge in [0, 0.05) is 17.7 Å². The van der Waals surface area contributed by atoms with Crippen LogP contribution in [0.3, 0.4) is 0 Å². The van der Waals surface area contributed by atoms with Crippen LogP contribution in [0, 0.1) is 7.14 Å². The third-order valence-corrected chi connectivity index (χ3v) is 5.89. The van der Waals surface area contributed by atoms with E-state index in [-0.39, 0.29) is 5.75 Å². The Morgan fingerprint density at radius 3 is 2.52 bits per heavy atom. The van der Waals surface area contributed by atoms with Crippen LogP contribution in [0.2, 0.25) is 5.02 Å². The molecule has 4 nitrogen and oxygen atoms in total. The van der Waals surface area contributed by atoms with Crippen molar-refractivity contribution in [2.75, 3.05) is 26.2 Å². The van der Waals surface area contributed by atoms with Crippen LogP contribution in [0.5, 0.6) is 5.75 Å². The summed E-state index contributed by atoms with van der Waals surface area (Å²) in [5, 5.41) is 19.5. The number of benzene rings is 2. The van der Waals surface area contributed by atoms with Gasteiger partial charge in [0.2, 0.25) is 0 Å². The van der Waals surface area contributed by atoms with Crippen molar-refractivity contribution < 1.29 is 10.0 Å². The molecule has 0 radical (unpaired) electrons. The predicted molar refractivity (Wildman–Crippen MR) is 116 cm³/mol. The largest absolute Gasteiger partial charge is 0.871 e. The number of piperazine rings is 1. The van der Waals surface area contributed by atoms with E-state index in [1.807, 2.05) is 24.3 Å². The molecule has 1 aliphatic heterocycles. The Balaban J connectivity index is 1.55. The quantitative estimate of drug-likeness (QED) is 0.445. The van der Waals surface area contributed by atoms with Crippen molar-refractivity contribution in [3.05, 3.63) is 59.7 Å². The van der Waals surface area contributed by atoms with Gasteiger partial charge >= 0.3 is 0 Å². The molecular formula is C18H18ClI2N3O. The summed E-state index contributed by atoms with van der Waals surface area (Å²) >= 11 is 10.2. The van der Waals surface area contributed by atoms with Crippen LogP contribution in [0.4, 0.5) is 0 Å². The Hall–Kier alpha value is -0.580. The standard InChI is InChI=1S/C18H18ClI2N3O/c19-15-3-1-13(2-4-15)12-23-5-7-24(8-6-23)22-11-14-9-16(20)10-17(21)18(14)25/h1-4,9-11,25H,5-8,12H2. The number of hydrogen-bond donors (Lipinski definition) is 1. The highest BCUT2D eigenvalue weighted by molar-refractivity contribution is 14.1. The normalized spacial score (nSPS) is 15.9. The van der Waals surface area contributed by atoms with Crippen molar-refractivity contribution in [1.29, 1.82) is 0 Å². The lowest BCUT2D eigenvalue weighted by molar-refractivity contribution is -0.918. The Labute approximate surface area is 180 Å². The predicted octanol–water partition coefficient (Wildman–Crippen LogP) is 2.36. The van der Waals surface area contributed by atoms with E-state index < -0.39 is 0 Å². The lowest BCUT2D eigenvalue weighted by atomic mass is 10.2. The Morgan fingerprint density at radius 2 is 1.84 bits per heavy atom. The molecule has 0 aliphatic carbocycles. The third kappa shape index (κ3) is 5.45. The van der Waals surface area contributed by atoms with Crippen LogP contribution in [-0.4, -0.2) is 37.4 Å². The number of hydrogen-bond acceptors (Lipinski definition) is 3. The van der Waals surface area contributed by atoms with Crippen molar-refractivity contribution in [3.8, 4) is 5.75 Å². The first kappa shape index (κ1) is 19.2. The fourth-order valence-electron chi connectivity index (χ4n) is 2.81. The molecule has 7 heteroatoms. The van der Waals surface area contributed by atoms with Gasteiger partial charge < -0.3 is 10.0 Å². The van der Waals surface area contributed by atoms with Gasteiger partial charge in [-0.2, -0.15) is 5.10 Å². The highest BCUT2D eigenvalue weighted by Crippen LogP contribution is 2.23. The third-order valence-electron chi connectivity index (χ3n) is 4.21. The topological polar surface area (TPSA) is 43.1 Å². The second kappa shape index (κ2) is 8.88. The van der Waals surface area contributed by atoms with E-state index in [0.29, 0.717) is 5.56 Å². The van der Waals surface area contributed by atoms with E-state index in [1.54, 1.807) is 11.1 Å². The van der Waals surface area contributed by atoms with E-state index >= 15 is 0 Å². The van der Waals surface area contributed by atoms with Crippen molar-refractivity contribution in [1.82, 2.24) is 5.01 Å². The van der Waals surface area contributed by atoms with Gasteiger partial charge in [-0.25, -0.2) is 0 Å². The zero-order valence-corrected chi connectivity index (χ0v) is 18.6. The molecule has 1 heterocycles. The summed E-state index contributed by atoms with van der Waals surface area (Å²) in [7, 11) is 0. The molecule has 0 bridgehead atoms. The zero-order valence-electron chi connectivity index (χ0n) is 13.5. The average Bonchev–Trinajstić information content (AvgIpc) is 2.60. The number of nitrogens with one attached hydrogen (secondary N) is 1. The van der Waals surface area contributed by atoms with Crippen LogP contribution in [0.1, 0.15) is 11.1 Å². The molecule has 1 N–H and O–H groups in total. The Morgan fingerprint density at radius 1 is 1.16 bits per heavy atom. The molecule has 132 valence electrons. The summed E-state index contributed by atoms with van der Waals surface area (Å²) in [5.41, 5.74) is 1.97. The maximum Gasteiger partial charge on any atom is 0.103 e. The van der Waals surface area contributed by atoms with Gasteiger partial charge in [-0.15, -0.1) is 0 Å². The maximum atomic E-state index is 12.1. The first-order chi connectivity index (χ1) is 12.0. The molecule has 0 spiro atoms. The molecule has 0 amide bonds. The number of quaternary nitrogens is 1.